The third-order valence-corrected chi connectivity index (χ3v) is 4.30. The van der Waals surface area contributed by atoms with Crippen molar-refractivity contribution in [2.45, 2.75) is 24.6 Å². The molecule has 1 atom stereocenters. The first-order valence-electron chi connectivity index (χ1n) is 4.69. The molecule has 1 aromatic heterocycles. The number of carbonyl (C=O) groups is 1. The van der Waals surface area contributed by atoms with Crippen LogP contribution in [0.25, 0.3) is 0 Å². The Morgan fingerprint density at radius 2 is 2.27 bits per heavy atom. The van der Waals surface area contributed by atoms with E-state index in [0.29, 0.717) is 16.6 Å². The summed E-state index contributed by atoms with van der Waals surface area (Å²) in [5.74, 6) is 0.305. The van der Waals surface area contributed by atoms with Gasteiger partial charge < -0.3 is 9.87 Å². The number of amides is 1. The summed E-state index contributed by atoms with van der Waals surface area (Å²) in [6, 6.07) is 0. The third-order valence-electron chi connectivity index (χ3n) is 1.52. The van der Waals surface area contributed by atoms with Gasteiger partial charge in [0.1, 0.15) is 5.75 Å². The minimum atomic E-state index is -1.12. The third kappa shape index (κ3) is 3.44. The molecule has 0 fully saturated rings. The quantitative estimate of drug-likeness (QED) is 0.781. The van der Waals surface area contributed by atoms with Crippen LogP contribution in [0.1, 0.15) is 30.1 Å². The number of rotatable bonds is 5. The minimum absolute atomic E-state index is 0.255. The van der Waals surface area contributed by atoms with E-state index in [-0.39, 0.29) is 10.9 Å². The first kappa shape index (κ1) is 12.4. The molecule has 0 radical (unpaired) electrons. The van der Waals surface area contributed by atoms with Gasteiger partial charge in [0.2, 0.25) is 5.01 Å². The van der Waals surface area contributed by atoms with Gasteiger partial charge in [-0.05, 0) is 24.7 Å². The summed E-state index contributed by atoms with van der Waals surface area (Å²) in [5, 5.41) is 10.3. The van der Waals surface area contributed by atoms with E-state index < -0.39 is 11.2 Å². The van der Waals surface area contributed by atoms with Crippen molar-refractivity contribution in [1.82, 2.24) is 15.5 Å². The van der Waals surface area contributed by atoms with Crippen molar-refractivity contribution in [2.24, 2.45) is 0 Å². The molecule has 1 heterocycles. The van der Waals surface area contributed by atoms with E-state index in [0.717, 1.165) is 17.8 Å². The summed E-state index contributed by atoms with van der Waals surface area (Å²) in [4.78, 5) is 11.3. The number of aromatic nitrogens is 2. The van der Waals surface area contributed by atoms with E-state index in [1.54, 1.807) is 0 Å². The first-order valence-corrected chi connectivity index (χ1v) is 6.82. The Morgan fingerprint density at radius 3 is 2.87 bits per heavy atom. The Kier molecular flexibility index (Phi) is 5.00. The Hall–Kier alpha value is -0.660. The molecule has 1 N–H and O–H groups in total. The fourth-order valence-electron chi connectivity index (χ4n) is 0.902. The van der Waals surface area contributed by atoms with Gasteiger partial charge in [-0.15, -0.1) is 5.10 Å². The summed E-state index contributed by atoms with van der Waals surface area (Å²) in [5.41, 5.74) is 0. The normalized spacial score (nSPS) is 12.5. The van der Waals surface area contributed by atoms with Gasteiger partial charge in [0.25, 0.3) is 5.91 Å². The molecular formula is C8H13N3O2S2. The molecule has 15 heavy (non-hydrogen) atoms. The maximum absolute atomic E-state index is 11.5. The second-order valence-electron chi connectivity index (χ2n) is 2.78. The molecule has 0 aromatic carbocycles. The van der Waals surface area contributed by atoms with E-state index in [1.165, 1.54) is 0 Å². The van der Waals surface area contributed by atoms with Crippen molar-refractivity contribution in [1.29, 1.82) is 0 Å². The lowest BCUT2D eigenvalue weighted by Crippen LogP contribution is -2.22. The molecular weight excluding hydrogens is 234 g/mol. The highest BCUT2D eigenvalue weighted by Crippen LogP contribution is 2.17. The number of hydrogen-bond donors (Lipinski definition) is 1. The van der Waals surface area contributed by atoms with Crippen LogP contribution >= 0.6 is 11.3 Å². The lowest BCUT2D eigenvalue weighted by atomic mass is 10.6. The van der Waals surface area contributed by atoms with Gasteiger partial charge in [0.15, 0.2) is 0 Å². The van der Waals surface area contributed by atoms with E-state index in [4.69, 9.17) is 0 Å². The minimum Gasteiger partial charge on any atom is -0.610 e. The zero-order chi connectivity index (χ0) is 11.3. The summed E-state index contributed by atoms with van der Waals surface area (Å²) in [6.45, 7) is 4.32. The summed E-state index contributed by atoms with van der Waals surface area (Å²) in [7, 11) is 0. The van der Waals surface area contributed by atoms with Crippen LogP contribution < -0.4 is 5.32 Å². The molecule has 0 bridgehead atoms. The largest absolute Gasteiger partial charge is 0.610 e. The topological polar surface area (TPSA) is 77.9 Å². The van der Waals surface area contributed by atoms with E-state index in [2.05, 4.69) is 15.5 Å². The van der Waals surface area contributed by atoms with Crippen molar-refractivity contribution < 1.29 is 9.35 Å². The highest BCUT2D eigenvalue weighted by atomic mass is 32.2. The van der Waals surface area contributed by atoms with Crippen molar-refractivity contribution in [3.8, 4) is 0 Å². The number of nitrogens with zero attached hydrogens (tertiary/aromatic N) is 2. The zero-order valence-electron chi connectivity index (χ0n) is 8.65. The molecule has 0 aliphatic rings. The lowest BCUT2D eigenvalue weighted by Gasteiger charge is -2.02. The van der Waals surface area contributed by atoms with Crippen molar-refractivity contribution in [2.75, 3.05) is 12.3 Å². The second-order valence-corrected chi connectivity index (χ2v) is 5.50. The fraction of sp³-hybridized carbons (Fsp3) is 0.625. The van der Waals surface area contributed by atoms with Crippen LogP contribution in [0.2, 0.25) is 0 Å². The van der Waals surface area contributed by atoms with Crippen molar-refractivity contribution >= 4 is 28.4 Å². The van der Waals surface area contributed by atoms with Crippen LogP contribution in [0.15, 0.2) is 4.34 Å². The molecule has 0 saturated carbocycles. The molecule has 1 aromatic rings. The van der Waals surface area contributed by atoms with E-state index in [9.17, 15) is 9.35 Å². The SMILES string of the molecule is CCC[S+]([O-])c1nnc(C(=O)NCC)s1. The Balaban J connectivity index is 2.67. The average molecular weight is 247 g/mol. The van der Waals surface area contributed by atoms with Crippen LogP contribution in [-0.2, 0) is 11.2 Å². The molecule has 1 unspecified atom stereocenters. The Bertz CT molecular complexity index is 329. The molecule has 1 rings (SSSR count). The van der Waals surface area contributed by atoms with Gasteiger partial charge in [-0.25, -0.2) is 0 Å². The number of nitrogens with one attached hydrogen (secondary N) is 1. The maximum atomic E-state index is 11.5. The highest BCUT2D eigenvalue weighted by molar-refractivity contribution is 7.93. The summed E-state index contributed by atoms with van der Waals surface area (Å²) >= 11 is -0.0236. The molecule has 0 aliphatic heterocycles. The standard InChI is InChI=1S/C8H13N3O2S2/c1-3-5-15(13)8-11-10-7(14-8)6(12)9-4-2/h3-5H2,1-2H3,(H,9,12). The van der Waals surface area contributed by atoms with Crippen LogP contribution in [0.4, 0.5) is 0 Å². The smallest absolute Gasteiger partial charge is 0.322 e. The van der Waals surface area contributed by atoms with Crippen LogP contribution in [-0.4, -0.2) is 33.0 Å². The fourth-order valence-corrected chi connectivity index (χ4v) is 2.93. The van der Waals surface area contributed by atoms with E-state index in [1.807, 2.05) is 13.8 Å². The van der Waals surface area contributed by atoms with Gasteiger partial charge in [-0.2, -0.15) is 0 Å². The monoisotopic (exact) mass is 247 g/mol. The van der Waals surface area contributed by atoms with Crippen LogP contribution in [0.3, 0.4) is 0 Å². The van der Waals surface area contributed by atoms with Crippen molar-refractivity contribution in [3.63, 3.8) is 0 Å². The molecule has 0 spiro atoms. The van der Waals surface area contributed by atoms with Crippen LogP contribution in [0.5, 0.6) is 0 Å². The number of carbonyl (C=O) groups excluding carboxylic acids is 1. The van der Waals surface area contributed by atoms with Gasteiger partial charge in [-0.1, -0.05) is 12.0 Å². The second kappa shape index (κ2) is 6.04. The van der Waals surface area contributed by atoms with Crippen molar-refractivity contribution in [3.05, 3.63) is 5.01 Å². The highest BCUT2D eigenvalue weighted by Gasteiger charge is 2.19. The first-order chi connectivity index (χ1) is 7.19. The van der Waals surface area contributed by atoms with Gasteiger partial charge in [0, 0.05) is 17.7 Å². The number of hydrogen-bond acceptors (Lipinski definition) is 5. The summed E-state index contributed by atoms with van der Waals surface area (Å²) < 4.78 is 12.0. The van der Waals surface area contributed by atoms with E-state index >= 15 is 0 Å². The Morgan fingerprint density at radius 1 is 1.53 bits per heavy atom. The Labute approximate surface area is 95.5 Å². The average Bonchev–Trinajstić information content (AvgIpc) is 2.67. The predicted octanol–water partition coefficient (Wildman–Crippen LogP) is 0.805. The molecule has 0 aliphatic carbocycles. The van der Waals surface area contributed by atoms with Crippen LogP contribution in [0, 0.1) is 0 Å². The molecule has 5 nitrogen and oxygen atoms in total. The van der Waals surface area contributed by atoms with Gasteiger partial charge >= 0.3 is 4.34 Å². The van der Waals surface area contributed by atoms with Gasteiger partial charge in [-0.3, -0.25) is 4.79 Å². The van der Waals surface area contributed by atoms with Gasteiger partial charge in [0.05, 0.1) is 0 Å². The lowest BCUT2D eigenvalue weighted by molar-refractivity contribution is 0.0954. The predicted molar refractivity (Wildman–Crippen MR) is 59.5 cm³/mol. The molecule has 84 valence electrons. The molecule has 0 saturated heterocycles. The molecule has 7 heteroatoms. The zero-order valence-corrected chi connectivity index (χ0v) is 10.3. The summed E-state index contributed by atoms with van der Waals surface area (Å²) in [6.07, 6.45) is 0.822. The molecule has 1 amide bonds. The maximum Gasteiger partial charge on any atom is 0.322 e.